The fraction of sp³-hybridized carbons (Fsp3) is 0.500. The molecule has 5 heteroatoms. The highest BCUT2D eigenvalue weighted by Gasteiger charge is 2.43. The van der Waals surface area contributed by atoms with Gasteiger partial charge in [-0.2, -0.15) is 0 Å². The SMILES string of the molecule is CN1CCC(C2(N)Nc3ccc(N)cc3S2)C1. The number of nitrogens with zero attached hydrogens (tertiary/aromatic N) is 1. The third kappa shape index (κ3) is 1.88. The molecule has 5 N–H and O–H groups in total. The first-order valence-electron chi connectivity index (χ1n) is 5.91. The lowest BCUT2D eigenvalue weighted by Gasteiger charge is -2.30. The average molecular weight is 250 g/mol. The zero-order valence-electron chi connectivity index (χ0n) is 9.94. The lowest BCUT2D eigenvalue weighted by Crippen LogP contribution is -2.49. The number of likely N-dealkylation sites (tertiary alicyclic amines) is 1. The molecule has 0 aliphatic carbocycles. The molecule has 0 radical (unpaired) electrons. The Morgan fingerprint density at radius 3 is 3.06 bits per heavy atom. The first-order chi connectivity index (χ1) is 8.07. The minimum absolute atomic E-state index is 0.374. The maximum Gasteiger partial charge on any atom is 0.143 e. The van der Waals surface area contributed by atoms with Crippen molar-refractivity contribution in [3.05, 3.63) is 18.2 Å². The summed E-state index contributed by atoms with van der Waals surface area (Å²) >= 11 is 1.71. The smallest absolute Gasteiger partial charge is 0.143 e. The second-order valence-corrected chi connectivity index (χ2v) is 6.34. The number of benzene rings is 1. The summed E-state index contributed by atoms with van der Waals surface area (Å²) in [6.07, 6.45) is 1.15. The van der Waals surface area contributed by atoms with Crippen LogP contribution >= 0.6 is 11.8 Å². The molecule has 2 heterocycles. The fourth-order valence-corrected chi connectivity index (χ4v) is 3.92. The van der Waals surface area contributed by atoms with Gasteiger partial charge in [-0.15, -0.1) is 0 Å². The molecule has 2 unspecified atom stereocenters. The van der Waals surface area contributed by atoms with Crippen LogP contribution in [0.25, 0.3) is 0 Å². The van der Waals surface area contributed by atoms with Crippen molar-refractivity contribution in [2.75, 3.05) is 31.2 Å². The number of anilines is 2. The van der Waals surface area contributed by atoms with E-state index >= 15 is 0 Å². The molecule has 2 atom stereocenters. The van der Waals surface area contributed by atoms with Crippen molar-refractivity contribution in [1.82, 2.24) is 4.90 Å². The number of nitrogens with two attached hydrogens (primary N) is 2. The summed E-state index contributed by atoms with van der Waals surface area (Å²) in [5.74, 6) is 0.478. The van der Waals surface area contributed by atoms with Gasteiger partial charge in [0.15, 0.2) is 0 Å². The van der Waals surface area contributed by atoms with Gasteiger partial charge < -0.3 is 16.0 Å². The molecular formula is C12H18N4S. The van der Waals surface area contributed by atoms with Crippen molar-refractivity contribution >= 4 is 23.1 Å². The van der Waals surface area contributed by atoms with Crippen LogP contribution in [0.3, 0.4) is 0 Å². The van der Waals surface area contributed by atoms with Gasteiger partial charge >= 0.3 is 0 Å². The molecular weight excluding hydrogens is 232 g/mol. The van der Waals surface area contributed by atoms with E-state index < -0.39 is 0 Å². The molecule has 4 nitrogen and oxygen atoms in total. The number of thioether (sulfide) groups is 1. The van der Waals surface area contributed by atoms with Crippen molar-refractivity contribution in [3.63, 3.8) is 0 Å². The normalized spacial score (nSPS) is 32.5. The summed E-state index contributed by atoms with van der Waals surface area (Å²) in [6.45, 7) is 2.18. The molecule has 1 saturated heterocycles. The molecule has 0 saturated carbocycles. The quantitative estimate of drug-likeness (QED) is 0.657. The number of fused-ring (bicyclic) bond motifs is 1. The van der Waals surface area contributed by atoms with E-state index in [1.54, 1.807) is 11.8 Å². The monoisotopic (exact) mass is 250 g/mol. The van der Waals surface area contributed by atoms with Crippen molar-refractivity contribution in [2.45, 2.75) is 16.3 Å². The van der Waals surface area contributed by atoms with Crippen LogP contribution in [0.1, 0.15) is 6.42 Å². The van der Waals surface area contributed by atoms with Crippen LogP contribution in [0.5, 0.6) is 0 Å². The van der Waals surface area contributed by atoms with Gasteiger partial charge in [0, 0.05) is 23.0 Å². The van der Waals surface area contributed by atoms with Crippen LogP contribution in [-0.2, 0) is 0 Å². The molecule has 92 valence electrons. The van der Waals surface area contributed by atoms with Gasteiger partial charge in [0.2, 0.25) is 0 Å². The van der Waals surface area contributed by atoms with E-state index in [1.165, 1.54) is 4.90 Å². The minimum atomic E-state index is -0.374. The highest BCUT2D eigenvalue weighted by Crippen LogP contribution is 2.48. The van der Waals surface area contributed by atoms with E-state index in [4.69, 9.17) is 11.5 Å². The van der Waals surface area contributed by atoms with E-state index in [0.29, 0.717) is 5.92 Å². The predicted octanol–water partition coefficient (Wildman–Crippen LogP) is 1.35. The molecule has 1 fully saturated rings. The zero-order chi connectivity index (χ0) is 12.0. The Bertz CT molecular complexity index is 450. The van der Waals surface area contributed by atoms with Crippen LogP contribution in [0.15, 0.2) is 23.1 Å². The third-order valence-corrected chi connectivity index (χ3v) is 4.94. The van der Waals surface area contributed by atoms with Gasteiger partial charge in [0.05, 0.1) is 5.69 Å². The predicted molar refractivity (Wildman–Crippen MR) is 72.9 cm³/mol. The summed E-state index contributed by atoms with van der Waals surface area (Å²) < 4.78 is 0. The Morgan fingerprint density at radius 2 is 2.35 bits per heavy atom. The standard InChI is InChI=1S/C12H18N4S/c1-16-5-4-8(7-16)12(14)15-10-3-2-9(13)6-11(10)17-12/h2-3,6,8,15H,4-5,7,13-14H2,1H3. The van der Waals surface area contributed by atoms with Crippen molar-refractivity contribution in [3.8, 4) is 0 Å². The van der Waals surface area contributed by atoms with E-state index in [0.717, 1.165) is 30.9 Å². The number of nitrogens with one attached hydrogen (secondary N) is 1. The molecule has 0 spiro atoms. The zero-order valence-corrected chi connectivity index (χ0v) is 10.8. The largest absolute Gasteiger partial charge is 0.399 e. The van der Waals surface area contributed by atoms with Crippen LogP contribution in [-0.4, -0.2) is 30.0 Å². The highest BCUT2D eigenvalue weighted by molar-refractivity contribution is 8.01. The van der Waals surface area contributed by atoms with Gasteiger partial charge in [-0.05, 0) is 38.2 Å². The second kappa shape index (κ2) is 3.80. The Hall–Kier alpha value is -0.910. The first kappa shape index (κ1) is 11.2. The Labute approximate surface area is 106 Å². The van der Waals surface area contributed by atoms with E-state index in [-0.39, 0.29) is 4.99 Å². The molecule has 1 aromatic carbocycles. The molecule has 2 aliphatic rings. The summed E-state index contributed by atoms with van der Waals surface area (Å²) in [7, 11) is 2.15. The van der Waals surface area contributed by atoms with Gasteiger partial charge in [0.1, 0.15) is 4.99 Å². The van der Waals surface area contributed by atoms with E-state index in [1.807, 2.05) is 18.2 Å². The summed E-state index contributed by atoms with van der Waals surface area (Å²) in [5.41, 5.74) is 14.2. The summed E-state index contributed by atoms with van der Waals surface area (Å²) in [5, 5.41) is 3.46. The number of rotatable bonds is 1. The first-order valence-corrected chi connectivity index (χ1v) is 6.72. The van der Waals surface area contributed by atoms with E-state index in [2.05, 4.69) is 17.3 Å². The summed E-state index contributed by atoms with van der Waals surface area (Å²) in [6, 6.07) is 5.93. The van der Waals surface area contributed by atoms with Crippen LogP contribution in [0.2, 0.25) is 0 Å². The number of hydrogen-bond acceptors (Lipinski definition) is 5. The number of hydrogen-bond donors (Lipinski definition) is 3. The summed E-state index contributed by atoms with van der Waals surface area (Å²) in [4.78, 5) is 3.13. The molecule has 0 bridgehead atoms. The molecule has 0 aromatic heterocycles. The Morgan fingerprint density at radius 1 is 1.53 bits per heavy atom. The molecule has 3 rings (SSSR count). The highest BCUT2D eigenvalue weighted by atomic mass is 32.2. The molecule has 17 heavy (non-hydrogen) atoms. The van der Waals surface area contributed by atoms with Gasteiger partial charge in [-0.25, -0.2) is 0 Å². The third-order valence-electron chi connectivity index (χ3n) is 3.61. The molecule has 1 aromatic rings. The minimum Gasteiger partial charge on any atom is -0.399 e. The number of nitrogen functional groups attached to an aromatic ring is 1. The topological polar surface area (TPSA) is 67.3 Å². The molecule has 0 amide bonds. The fourth-order valence-electron chi connectivity index (χ4n) is 2.62. The van der Waals surface area contributed by atoms with E-state index in [9.17, 15) is 0 Å². The van der Waals surface area contributed by atoms with Crippen molar-refractivity contribution < 1.29 is 0 Å². The van der Waals surface area contributed by atoms with Crippen molar-refractivity contribution in [2.24, 2.45) is 11.7 Å². The maximum absolute atomic E-state index is 6.51. The maximum atomic E-state index is 6.51. The lowest BCUT2D eigenvalue weighted by molar-refractivity contribution is 0.369. The average Bonchev–Trinajstić information content (AvgIpc) is 2.82. The lowest BCUT2D eigenvalue weighted by atomic mass is 10.1. The Kier molecular flexibility index (Phi) is 2.50. The van der Waals surface area contributed by atoms with Crippen molar-refractivity contribution in [1.29, 1.82) is 0 Å². The van der Waals surface area contributed by atoms with Gasteiger partial charge in [-0.1, -0.05) is 11.8 Å². The van der Waals surface area contributed by atoms with Crippen LogP contribution in [0.4, 0.5) is 11.4 Å². The van der Waals surface area contributed by atoms with Gasteiger partial charge in [-0.3, -0.25) is 5.73 Å². The second-order valence-electron chi connectivity index (χ2n) is 5.02. The molecule has 2 aliphatic heterocycles. The van der Waals surface area contributed by atoms with Gasteiger partial charge in [0.25, 0.3) is 0 Å². The van der Waals surface area contributed by atoms with Crippen LogP contribution < -0.4 is 16.8 Å². The van der Waals surface area contributed by atoms with Crippen LogP contribution in [0, 0.1) is 5.92 Å². The Balaban J connectivity index is 1.84.